The monoisotopic (exact) mass is 304 g/mol. The lowest BCUT2D eigenvalue weighted by molar-refractivity contribution is -0.141. The number of benzene rings is 1. The average Bonchev–Trinajstić information content (AvgIpc) is 2.42. The average molecular weight is 304 g/mol. The highest BCUT2D eigenvalue weighted by atomic mass is 19.4. The van der Waals surface area contributed by atoms with Gasteiger partial charge in [-0.15, -0.1) is 0 Å². The second-order valence-electron chi connectivity index (χ2n) is 4.92. The summed E-state index contributed by atoms with van der Waals surface area (Å²) >= 11 is 0. The summed E-state index contributed by atoms with van der Waals surface area (Å²) < 4.78 is 43.9. The van der Waals surface area contributed by atoms with Crippen LogP contribution in [-0.2, 0) is 17.5 Å². The van der Waals surface area contributed by atoms with Crippen molar-refractivity contribution in [3.05, 3.63) is 29.3 Å². The van der Waals surface area contributed by atoms with Crippen LogP contribution in [-0.4, -0.2) is 30.5 Å². The van der Waals surface area contributed by atoms with Crippen molar-refractivity contribution in [2.45, 2.75) is 32.6 Å². The Morgan fingerprint density at radius 2 is 2.00 bits per heavy atom. The number of hydrogen-bond acceptors (Lipinski definition) is 3. The maximum Gasteiger partial charge on any atom is 0.419 e. The number of ether oxygens (including phenoxy) is 1. The molecule has 1 rings (SSSR count). The van der Waals surface area contributed by atoms with Gasteiger partial charge in [0.15, 0.2) is 6.61 Å². The third-order valence-electron chi connectivity index (χ3n) is 3.10. The normalized spacial score (nSPS) is 11.6. The van der Waals surface area contributed by atoms with Gasteiger partial charge >= 0.3 is 6.18 Å². The zero-order chi connectivity index (χ0) is 16.2. The third kappa shape index (κ3) is 4.63. The van der Waals surface area contributed by atoms with Crippen molar-refractivity contribution in [3.63, 3.8) is 0 Å². The maximum absolute atomic E-state index is 13.0. The summed E-state index contributed by atoms with van der Waals surface area (Å²) in [6.07, 6.45) is -4.56. The Bertz CT molecular complexity index is 501. The van der Waals surface area contributed by atoms with Crippen molar-refractivity contribution in [1.29, 1.82) is 0 Å². The molecule has 0 saturated heterocycles. The van der Waals surface area contributed by atoms with Crippen LogP contribution >= 0.6 is 0 Å². The number of alkyl halides is 3. The number of rotatable bonds is 5. The number of carbonyl (C=O) groups excluding carboxylic acids is 1. The zero-order valence-corrected chi connectivity index (χ0v) is 12.2. The molecule has 1 aromatic rings. The van der Waals surface area contributed by atoms with Gasteiger partial charge in [-0.2, -0.15) is 13.2 Å². The van der Waals surface area contributed by atoms with Gasteiger partial charge in [0.05, 0.1) is 5.56 Å². The maximum atomic E-state index is 13.0. The largest absolute Gasteiger partial charge is 0.483 e. The molecule has 0 fully saturated rings. The van der Waals surface area contributed by atoms with Gasteiger partial charge < -0.3 is 15.4 Å². The summed E-state index contributed by atoms with van der Waals surface area (Å²) in [7, 11) is 1.57. The lowest BCUT2D eigenvalue weighted by Crippen LogP contribution is -2.36. The van der Waals surface area contributed by atoms with E-state index in [0.717, 1.165) is 6.07 Å². The Kier molecular flexibility index (Phi) is 5.60. The van der Waals surface area contributed by atoms with Gasteiger partial charge in [0.25, 0.3) is 5.91 Å². The van der Waals surface area contributed by atoms with Gasteiger partial charge in [0, 0.05) is 19.6 Å². The van der Waals surface area contributed by atoms with Gasteiger partial charge in [0.1, 0.15) is 5.75 Å². The van der Waals surface area contributed by atoms with E-state index >= 15 is 0 Å². The molecule has 0 spiro atoms. The van der Waals surface area contributed by atoms with Crippen LogP contribution in [0, 0.1) is 0 Å². The van der Waals surface area contributed by atoms with E-state index in [1.165, 1.54) is 17.0 Å². The van der Waals surface area contributed by atoms with Crippen LogP contribution in [0.15, 0.2) is 18.2 Å². The summed E-state index contributed by atoms with van der Waals surface area (Å²) in [5.74, 6) is -0.758. The molecular formula is C14H19F3N2O2. The number of likely N-dealkylation sites (N-methyl/N-ethyl adjacent to an activating group) is 1. The lowest BCUT2D eigenvalue weighted by atomic mass is 10.1. The SMILES string of the molecule is CC(C)N(C)C(=O)COc1ccc(CN)cc1C(F)(F)F. The highest BCUT2D eigenvalue weighted by molar-refractivity contribution is 5.77. The first-order valence-corrected chi connectivity index (χ1v) is 6.45. The number of amides is 1. The molecule has 0 aliphatic carbocycles. The molecule has 4 nitrogen and oxygen atoms in total. The standard InChI is InChI=1S/C14H19F3N2O2/c1-9(2)19(3)13(20)8-21-12-5-4-10(7-18)6-11(12)14(15,16)17/h4-6,9H,7-8,18H2,1-3H3. The van der Waals surface area contributed by atoms with Gasteiger partial charge in [-0.25, -0.2) is 0 Å². The van der Waals surface area contributed by atoms with Gasteiger partial charge in [0.2, 0.25) is 0 Å². The molecule has 0 heterocycles. The van der Waals surface area contributed by atoms with Crippen LogP contribution in [0.25, 0.3) is 0 Å². The molecule has 7 heteroatoms. The first-order chi connectivity index (χ1) is 9.66. The molecule has 21 heavy (non-hydrogen) atoms. The summed E-state index contributed by atoms with van der Waals surface area (Å²) in [4.78, 5) is 13.1. The van der Waals surface area contributed by atoms with E-state index in [2.05, 4.69) is 0 Å². The molecule has 2 N–H and O–H groups in total. The second kappa shape index (κ2) is 6.80. The number of nitrogens with two attached hydrogens (primary N) is 1. The first-order valence-electron chi connectivity index (χ1n) is 6.45. The summed E-state index contributed by atoms with van der Waals surface area (Å²) in [6, 6.07) is 3.52. The Balaban J connectivity index is 2.91. The molecule has 0 aliphatic rings. The Labute approximate surface area is 121 Å². The molecule has 0 aromatic heterocycles. The van der Waals surface area contributed by atoms with Crippen LogP contribution in [0.5, 0.6) is 5.75 Å². The smallest absolute Gasteiger partial charge is 0.419 e. The highest BCUT2D eigenvalue weighted by Crippen LogP contribution is 2.36. The predicted octanol–water partition coefficient (Wildman–Crippen LogP) is 2.41. The van der Waals surface area contributed by atoms with E-state index in [1.807, 2.05) is 0 Å². The Hall–Kier alpha value is -1.76. The lowest BCUT2D eigenvalue weighted by Gasteiger charge is -2.22. The van der Waals surface area contributed by atoms with E-state index in [9.17, 15) is 18.0 Å². The third-order valence-corrected chi connectivity index (χ3v) is 3.10. The van der Waals surface area contributed by atoms with Crippen molar-refractivity contribution >= 4 is 5.91 Å². The zero-order valence-electron chi connectivity index (χ0n) is 12.2. The number of hydrogen-bond donors (Lipinski definition) is 1. The van der Waals surface area contributed by atoms with Crippen LogP contribution in [0.3, 0.4) is 0 Å². The van der Waals surface area contributed by atoms with Gasteiger partial charge in [-0.05, 0) is 31.5 Å². The minimum atomic E-state index is -4.56. The second-order valence-corrected chi connectivity index (χ2v) is 4.92. The summed E-state index contributed by atoms with van der Waals surface area (Å²) in [5.41, 5.74) is 4.76. The van der Waals surface area contributed by atoms with Crippen molar-refractivity contribution < 1.29 is 22.7 Å². The first kappa shape index (κ1) is 17.3. The summed E-state index contributed by atoms with van der Waals surface area (Å²) in [6.45, 7) is 3.16. The van der Waals surface area contributed by atoms with Crippen molar-refractivity contribution in [2.75, 3.05) is 13.7 Å². The highest BCUT2D eigenvalue weighted by Gasteiger charge is 2.34. The fourth-order valence-corrected chi connectivity index (χ4v) is 1.58. The molecule has 1 amide bonds. The van der Waals surface area contributed by atoms with Gasteiger partial charge in [-0.3, -0.25) is 4.79 Å². The fourth-order valence-electron chi connectivity index (χ4n) is 1.58. The molecule has 118 valence electrons. The van der Waals surface area contributed by atoms with Crippen molar-refractivity contribution in [3.8, 4) is 5.75 Å². The van der Waals surface area contributed by atoms with Crippen LogP contribution in [0.2, 0.25) is 0 Å². The molecule has 0 saturated carbocycles. The van der Waals surface area contributed by atoms with E-state index in [4.69, 9.17) is 10.5 Å². The topological polar surface area (TPSA) is 55.6 Å². The molecule has 0 aliphatic heterocycles. The van der Waals surface area contributed by atoms with Crippen molar-refractivity contribution in [2.24, 2.45) is 5.73 Å². The molecule has 0 radical (unpaired) electrons. The number of nitrogens with zero attached hydrogens (tertiary/aromatic N) is 1. The molecule has 0 unspecified atom stereocenters. The number of halogens is 3. The quantitative estimate of drug-likeness (QED) is 0.909. The molecule has 0 bridgehead atoms. The minimum absolute atomic E-state index is 0.00161. The Morgan fingerprint density at radius 1 is 1.38 bits per heavy atom. The van der Waals surface area contributed by atoms with Crippen LogP contribution in [0.4, 0.5) is 13.2 Å². The van der Waals surface area contributed by atoms with E-state index in [0.29, 0.717) is 5.56 Å². The molecular weight excluding hydrogens is 285 g/mol. The van der Waals surface area contributed by atoms with Crippen LogP contribution in [0.1, 0.15) is 25.0 Å². The predicted molar refractivity (Wildman–Crippen MR) is 72.7 cm³/mol. The number of carbonyl (C=O) groups is 1. The van der Waals surface area contributed by atoms with E-state index in [1.54, 1.807) is 20.9 Å². The molecule has 0 atom stereocenters. The van der Waals surface area contributed by atoms with Crippen LogP contribution < -0.4 is 10.5 Å². The minimum Gasteiger partial charge on any atom is -0.483 e. The fraction of sp³-hybridized carbons (Fsp3) is 0.500. The Morgan fingerprint density at radius 3 is 2.48 bits per heavy atom. The van der Waals surface area contributed by atoms with E-state index in [-0.39, 0.29) is 24.2 Å². The van der Waals surface area contributed by atoms with E-state index < -0.39 is 18.3 Å². The van der Waals surface area contributed by atoms with Gasteiger partial charge in [-0.1, -0.05) is 6.07 Å². The molecule has 1 aromatic carbocycles. The van der Waals surface area contributed by atoms with Crippen molar-refractivity contribution in [1.82, 2.24) is 4.90 Å². The summed E-state index contributed by atoms with van der Waals surface area (Å²) in [5, 5.41) is 0.